The third kappa shape index (κ3) is 1.29. The van der Waals surface area contributed by atoms with Gasteiger partial charge in [-0.15, -0.1) is 0 Å². The molecule has 0 aliphatic heterocycles. The molecule has 0 amide bonds. The lowest BCUT2D eigenvalue weighted by atomic mass is 10.00. The van der Waals surface area contributed by atoms with Crippen LogP contribution in [0.2, 0.25) is 0 Å². The van der Waals surface area contributed by atoms with Crippen molar-refractivity contribution in [2.45, 2.75) is 12.2 Å². The summed E-state index contributed by atoms with van der Waals surface area (Å²) in [5.74, 6) is -0.823. The fourth-order valence-electron chi connectivity index (χ4n) is 0.791. The van der Waals surface area contributed by atoms with Crippen molar-refractivity contribution in [2.75, 3.05) is 0 Å². The van der Waals surface area contributed by atoms with Crippen LogP contribution in [0.15, 0.2) is 23.6 Å². The average molecular weight is 155 g/mol. The molecule has 3 nitrogen and oxygen atoms in total. The zero-order chi connectivity index (χ0) is 8.43. The van der Waals surface area contributed by atoms with E-state index in [0.29, 0.717) is 0 Å². The van der Waals surface area contributed by atoms with Gasteiger partial charge in [0.1, 0.15) is 18.0 Å². The molecule has 11 heavy (non-hydrogen) atoms. The van der Waals surface area contributed by atoms with Gasteiger partial charge in [-0.25, -0.2) is 4.39 Å². The maximum absolute atomic E-state index is 12.4. The molecule has 0 aromatic carbocycles. The van der Waals surface area contributed by atoms with Crippen molar-refractivity contribution >= 4 is 0 Å². The molecule has 0 fully saturated rings. The average Bonchev–Trinajstić information content (AvgIpc) is 2.01. The molecule has 0 heterocycles. The molecule has 0 spiro atoms. The molecular weight excluding hydrogens is 149 g/mol. The molecule has 0 aromatic rings. The summed E-state index contributed by atoms with van der Waals surface area (Å²) in [6, 6.07) is 1.64. The normalized spacial score (nSPS) is 30.4. The molecule has 1 aliphatic rings. The second-order valence-corrected chi connectivity index (χ2v) is 2.18. The second-order valence-electron chi connectivity index (χ2n) is 2.18. The largest absolute Gasteiger partial charge is 0.384 e. The van der Waals surface area contributed by atoms with Gasteiger partial charge in [-0.2, -0.15) is 5.26 Å². The predicted molar refractivity (Wildman–Crippen MR) is 34.9 cm³/mol. The highest BCUT2D eigenvalue weighted by molar-refractivity contribution is 5.36. The van der Waals surface area contributed by atoms with E-state index >= 15 is 0 Å². The van der Waals surface area contributed by atoms with Gasteiger partial charge < -0.3 is 10.2 Å². The molecular formula is C7H6FNO2. The molecule has 0 bridgehead atoms. The molecule has 0 unspecified atom stereocenters. The highest BCUT2D eigenvalue weighted by Crippen LogP contribution is 2.19. The first-order valence-electron chi connectivity index (χ1n) is 3.00. The minimum atomic E-state index is -1.59. The van der Waals surface area contributed by atoms with Crippen molar-refractivity contribution < 1.29 is 14.6 Å². The molecule has 0 aromatic heterocycles. The Labute approximate surface area is 62.7 Å². The van der Waals surface area contributed by atoms with Crippen LogP contribution in [0.25, 0.3) is 0 Å². The summed E-state index contributed by atoms with van der Waals surface area (Å²) >= 11 is 0. The van der Waals surface area contributed by atoms with Crippen LogP contribution in [0.1, 0.15) is 0 Å². The molecule has 2 atom stereocenters. The molecule has 0 radical (unpaired) electrons. The van der Waals surface area contributed by atoms with Crippen LogP contribution in [0.5, 0.6) is 0 Å². The van der Waals surface area contributed by atoms with Gasteiger partial charge in [-0.05, 0) is 12.2 Å². The van der Waals surface area contributed by atoms with Gasteiger partial charge in [-0.1, -0.05) is 0 Å². The number of allylic oxidation sites excluding steroid dienone is 2. The predicted octanol–water partition coefficient (Wildman–Crippen LogP) is 0.0252. The minimum Gasteiger partial charge on any atom is -0.384 e. The van der Waals surface area contributed by atoms with Gasteiger partial charge in [0, 0.05) is 0 Å². The summed E-state index contributed by atoms with van der Waals surface area (Å²) in [5.41, 5.74) is -0.0288. The van der Waals surface area contributed by atoms with Crippen molar-refractivity contribution in [1.82, 2.24) is 0 Å². The van der Waals surface area contributed by atoms with Crippen molar-refractivity contribution in [1.29, 1.82) is 5.26 Å². The number of halogens is 1. The fourth-order valence-corrected chi connectivity index (χ4v) is 0.791. The van der Waals surface area contributed by atoms with Crippen LogP contribution in [-0.2, 0) is 0 Å². The van der Waals surface area contributed by atoms with E-state index in [-0.39, 0.29) is 5.57 Å². The third-order valence-corrected chi connectivity index (χ3v) is 1.45. The number of hydrogen-bond donors (Lipinski definition) is 2. The minimum absolute atomic E-state index is 0.0288. The van der Waals surface area contributed by atoms with Gasteiger partial charge in [0.05, 0.1) is 11.6 Å². The van der Waals surface area contributed by atoms with Crippen LogP contribution in [-0.4, -0.2) is 22.4 Å². The second kappa shape index (κ2) is 2.82. The van der Waals surface area contributed by atoms with Gasteiger partial charge >= 0.3 is 0 Å². The highest BCUT2D eigenvalue weighted by Gasteiger charge is 2.27. The number of nitrogens with zero attached hydrogens (tertiary/aromatic N) is 1. The Balaban J connectivity index is 2.95. The number of nitriles is 1. The fraction of sp³-hybridized carbons (Fsp3) is 0.286. The monoisotopic (exact) mass is 155 g/mol. The Bertz CT molecular complexity index is 264. The summed E-state index contributed by atoms with van der Waals surface area (Å²) in [6.45, 7) is 0. The van der Waals surface area contributed by atoms with Crippen LogP contribution in [0.3, 0.4) is 0 Å². The quantitative estimate of drug-likeness (QED) is 0.518. The number of aliphatic hydroxyl groups is 2. The molecule has 2 N–H and O–H groups in total. The van der Waals surface area contributed by atoms with Gasteiger partial charge in [-0.3, -0.25) is 0 Å². The van der Waals surface area contributed by atoms with Crippen LogP contribution < -0.4 is 0 Å². The van der Waals surface area contributed by atoms with Crippen LogP contribution >= 0.6 is 0 Å². The smallest absolute Gasteiger partial charge is 0.136 e. The summed E-state index contributed by atoms with van der Waals surface area (Å²) in [7, 11) is 0. The van der Waals surface area contributed by atoms with Crippen molar-refractivity contribution in [3.8, 4) is 6.07 Å². The Morgan fingerprint density at radius 3 is 2.55 bits per heavy atom. The maximum atomic E-state index is 12.4. The van der Waals surface area contributed by atoms with E-state index in [2.05, 4.69) is 0 Å². The van der Waals surface area contributed by atoms with E-state index in [1.165, 1.54) is 0 Å². The lowest BCUT2D eigenvalue weighted by Crippen LogP contribution is -2.29. The van der Waals surface area contributed by atoms with E-state index in [9.17, 15) is 4.39 Å². The Morgan fingerprint density at radius 2 is 2.00 bits per heavy atom. The SMILES string of the molecule is N#CC1=CC=C(F)[C@@H](O)[C@H]1O. The Kier molecular flexibility index (Phi) is 2.03. The summed E-state index contributed by atoms with van der Waals surface area (Å²) in [6.07, 6.45) is -0.900. The van der Waals surface area contributed by atoms with Gasteiger partial charge in [0.25, 0.3) is 0 Å². The summed E-state index contributed by atoms with van der Waals surface area (Å²) in [5, 5.41) is 26.2. The maximum Gasteiger partial charge on any atom is 0.136 e. The summed E-state index contributed by atoms with van der Waals surface area (Å²) in [4.78, 5) is 0. The highest BCUT2D eigenvalue weighted by atomic mass is 19.1. The number of aliphatic hydroxyl groups excluding tert-OH is 2. The first-order valence-corrected chi connectivity index (χ1v) is 3.00. The number of rotatable bonds is 0. The van der Waals surface area contributed by atoms with Crippen molar-refractivity contribution in [3.05, 3.63) is 23.6 Å². The molecule has 58 valence electrons. The van der Waals surface area contributed by atoms with Gasteiger partial charge in [0.2, 0.25) is 0 Å². The van der Waals surface area contributed by atoms with E-state index in [1.54, 1.807) is 6.07 Å². The first-order chi connectivity index (χ1) is 5.16. The lowest BCUT2D eigenvalue weighted by molar-refractivity contribution is 0.0521. The van der Waals surface area contributed by atoms with E-state index in [0.717, 1.165) is 12.2 Å². The Morgan fingerprint density at radius 1 is 1.36 bits per heavy atom. The molecule has 0 saturated carbocycles. The topological polar surface area (TPSA) is 64.2 Å². The van der Waals surface area contributed by atoms with Crippen LogP contribution in [0.4, 0.5) is 4.39 Å². The van der Waals surface area contributed by atoms with Crippen LogP contribution in [0, 0.1) is 11.3 Å². The Hall–Kier alpha value is -1.18. The van der Waals surface area contributed by atoms with Crippen molar-refractivity contribution in [2.24, 2.45) is 0 Å². The third-order valence-electron chi connectivity index (χ3n) is 1.45. The zero-order valence-electron chi connectivity index (χ0n) is 5.53. The standard InChI is InChI=1S/C7H6FNO2/c8-5-2-1-4(3-9)6(10)7(5)11/h1-2,6-7,10-11H/t6-,7+/m0/s1. The van der Waals surface area contributed by atoms with E-state index in [1.807, 2.05) is 0 Å². The molecule has 1 aliphatic carbocycles. The van der Waals surface area contributed by atoms with E-state index < -0.39 is 18.0 Å². The number of hydrogen-bond acceptors (Lipinski definition) is 3. The van der Waals surface area contributed by atoms with Gasteiger partial charge in [0.15, 0.2) is 0 Å². The van der Waals surface area contributed by atoms with E-state index in [4.69, 9.17) is 15.5 Å². The zero-order valence-corrected chi connectivity index (χ0v) is 5.53. The summed E-state index contributed by atoms with van der Waals surface area (Å²) < 4.78 is 12.4. The lowest BCUT2D eigenvalue weighted by Gasteiger charge is -2.17. The molecule has 0 saturated heterocycles. The molecule has 4 heteroatoms. The molecule has 1 rings (SSSR count). The van der Waals surface area contributed by atoms with Crippen molar-refractivity contribution in [3.63, 3.8) is 0 Å². The first kappa shape index (κ1) is 7.92.